The molecule has 8 aromatic carbocycles. The van der Waals surface area contributed by atoms with Gasteiger partial charge in [-0.05, 0) is 91.9 Å². The normalized spacial score (nSPS) is 13.3. The van der Waals surface area contributed by atoms with E-state index in [1.165, 1.54) is 89.9 Å². The van der Waals surface area contributed by atoms with Gasteiger partial charge in [-0.2, -0.15) is 0 Å². The molecule has 0 N–H and O–H groups in total. The van der Waals surface area contributed by atoms with Gasteiger partial charge in [0.1, 0.15) is 8.07 Å². The molecule has 0 atom stereocenters. The van der Waals surface area contributed by atoms with Gasteiger partial charge in [-0.25, -0.2) is 0 Å². The average Bonchev–Trinajstić information content (AvgIpc) is 3.82. The van der Waals surface area contributed by atoms with Crippen LogP contribution in [0.4, 0.5) is 17.1 Å². The minimum absolute atomic E-state index is 1.16. The smallest absolute Gasteiger partial charge is 0.114 e. The number of fused-ring (bicyclic) bond motifs is 11. The van der Waals surface area contributed by atoms with Crippen LogP contribution in [0, 0.1) is 0 Å². The van der Waals surface area contributed by atoms with E-state index in [-0.39, 0.29) is 0 Å². The third-order valence-corrected chi connectivity index (χ3v) is 17.1. The summed E-state index contributed by atoms with van der Waals surface area (Å²) < 4.78 is 5.43. The lowest BCUT2D eigenvalue weighted by atomic mass is 9.97. The first-order valence-corrected chi connectivity index (χ1v) is 22.6. The topological polar surface area (TPSA) is 3.24 Å². The molecule has 246 valence electrons. The fraction of sp³-hybridized carbons (Fsp3) is 0.0417. The van der Waals surface area contributed by atoms with Crippen molar-refractivity contribution in [3.8, 4) is 22.3 Å². The summed E-state index contributed by atoms with van der Waals surface area (Å²) in [6, 6.07) is 61.3. The minimum Gasteiger partial charge on any atom is -0.310 e. The van der Waals surface area contributed by atoms with Crippen LogP contribution < -0.4 is 15.3 Å². The second-order valence-electron chi connectivity index (χ2n) is 14.5. The van der Waals surface area contributed by atoms with Crippen molar-refractivity contribution >= 4 is 109 Å². The van der Waals surface area contributed by atoms with Crippen molar-refractivity contribution in [2.24, 2.45) is 0 Å². The fourth-order valence-electron chi connectivity index (χ4n) is 8.72. The molecule has 1 aliphatic heterocycles. The van der Waals surface area contributed by atoms with Gasteiger partial charge in [0.25, 0.3) is 0 Å². The first-order valence-electron chi connectivity index (χ1n) is 17.9. The van der Waals surface area contributed by atoms with Crippen molar-refractivity contribution in [1.29, 1.82) is 0 Å². The molecule has 0 fully saturated rings. The van der Waals surface area contributed by atoms with Crippen molar-refractivity contribution in [3.05, 3.63) is 164 Å². The molecule has 0 unspecified atom stereocenters. The van der Waals surface area contributed by atoms with E-state index in [9.17, 15) is 0 Å². The largest absolute Gasteiger partial charge is 0.310 e. The standard InChI is InChI=1S/C48H33NS2Si/c1-52(2)45-26-25-40-38-17-6-8-20-43(38)51-48(40)47(45)41-24-22-34(29-46(41)52)49(33-21-23-39-37-16-5-7-19-42(37)50-44(39)28-33)32-14-9-13-31(27-32)36-18-10-12-30-11-3-4-15-35(30)36/h3-29H,1-2H3. The molecule has 52 heavy (non-hydrogen) atoms. The Morgan fingerprint density at radius 1 is 0.423 bits per heavy atom. The number of nitrogens with zero attached hydrogens (tertiary/aromatic N) is 1. The summed E-state index contributed by atoms with van der Waals surface area (Å²) in [6.07, 6.45) is 0. The predicted molar refractivity (Wildman–Crippen MR) is 232 cm³/mol. The molecule has 0 spiro atoms. The fourth-order valence-corrected chi connectivity index (χ4v) is 14.3. The predicted octanol–water partition coefficient (Wildman–Crippen LogP) is 13.5. The van der Waals surface area contributed by atoms with Crippen LogP contribution >= 0.6 is 22.7 Å². The molecular formula is C48H33NS2Si. The van der Waals surface area contributed by atoms with E-state index in [1.54, 1.807) is 5.19 Å². The van der Waals surface area contributed by atoms with E-state index in [1.807, 2.05) is 22.7 Å². The molecule has 0 saturated heterocycles. The highest BCUT2D eigenvalue weighted by Gasteiger charge is 2.39. The number of thiophene rings is 2. The van der Waals surface area contributed by atoms with E-state index >= 15 is 0 Å². The summed E-state index contributed by atoms with van der Waals surface area (Å²) >= 11 is 3.83. The Morgan fingerprint density at radius 2 is 1.06 bits per heavy atom. The molecule has 11 rings (SSSR count). The zero-order valence-electron chi connectivity index (χ0n) is 28.9. The molecule has 0 amide bonds. The van der Waals surface area contributed by atoms with E-state index in [0.29, 0.717) is 0 Å². The summed E-state index contributed by atoms with van der Waals surface area (Å²) in [5.41, 5.74) is 8.90. The van der Waals surface area contributed by atoms with Crippen molar-refractivity contribution in [2.75, 3.05) is 4.90 Å². The Labute approximate surface area is 311 Å². The lowest BCUT2D eigenvalue weighted by Gasteiger charge is -2.28. The Bertz CT molecular complexity index is 3070. The van der Waals surface area contributed by atoms with Crippen molar-refractivity contribution in [1.82, 2.24) is 0 Å². The van der Waals surface area contributed by atoms with Gasteiger partial charge in [0.15, 0.2) is 0 Å². The van der Waals surface area contributed by atoms with Gasteiger partial charge in [-0.15, -0.1) is 22.7 Å². The summed E-state index contributed by atoms with van der Waals surface area (Å²) in [7, 11) is -2.00. The number of hydrogen-bond donors (Lipinski definition) is 0. The van der Waals surface area contributed by atoms with Gasteiger partial charge in [0.2, 0.25) is 0 Å². The maximum Gasteiger partial charge on any atom is 0.114 e. The van der Waals surface area contributed by atoms with E-state index in [0.717, 1.165) is 5.69 Å². The second-order valence-corrected chi connectivity index (χ2v) is 21.0. The molecule has 2 aromatic heterocycles. The maximum absolute atomic E-state index is 2.54. The van der Waals surface area contributed by atoms with Gasteiger partial charge in [-0.3, -0.25) is 0 Å². The lowest BCUT2D eigenvalue weighted by molar-refractivity contribution is 1.29. The highest BCUT2D eigenvalue weighted by Crippen LogP contribution is 2.45. The quantitative estimate of drug-likeness (QED) is 0.164. The highest BCUT2D eigenvalue weighted by molar-refractivity contribution is 7.27. The van der Waals surface area contributed by atoms with Crippen LogP contribution in [0.3, 0.4) is 0 Å². The van der Waals surface area contributed by atoms with Crippen LogP contribution in [0.15, 0.2) is 164 Å². The molecule has 0 saturated carbocycles. The summed E-state index contributed by atoms with van der Waals surface area (Å²) in [6.45, 7) is 5.07. The number of benzene rings is 8. The maximum atomic E-state index is 2.54. The Morgan fingerprint density at radius 3 is 1.92 bits per heavy atom. The third kappa shape index (κ3) is 4.38. The van der Waals surface area contributed by atoms with Crippen molar-refractivity contribution in [2.45, 2.75) is 13.1 Å². The SMILES string of the molecule is C[Si]1(C)c2cc(N(c3cccc(-c4cccc5ccccc45)c3)c3ccc4c(c3)sc3ccccc34)ccc2-c2c1ccc1c2sc2ccccc21. The first-order chi connectivity index (χ1) is 25.5. The average molecular weight is 716 g/mol. The van der Waals surface area contributed by atoms with Gasteiger partial charge < -0.3 is 4.90 Å². The van der Waals surface area contributed by atoms with Gasteiger partial charge >= 0.3 is 0 Å². The monoisotopic (exact) mass is 715 g/mol. The van der Waals surface area contributed by atoms with Crippen LogP contribution in [0.2, 0.25) is 13.1 Å². The zero-order valence-corrected chi connectivity index (χ0v) is 31.5. The van der Waals surface area contributed by atoms with Gasteiger partial charge in [-0.1, -0.05) is 128 Å². The molecule has 0 aliphatic carbocycles. The van der Waals surface area contributed by atoms with Crippen molar-refractivity contribution < 1.29 is 0 Å². The first kappa shape index (κ1) is 30.1. The van der Waals surface area contributed by atoms with Crippen LogP contribution in [0.25, 0.3) is 73.4 Å². The molecule has 4 heteroatoms. The van der Waals surface area contributed by atoms with Crippen LogP contribution in [0.5, 0.6) is 0 Å². The Hall–Kier alpha value is -5.52. The molecule has 1 nitrogen and oxygen atoms in total. The highest BCUT2D eigenvalue weighted by atomic mass is 32.1. The van der Waals surface area contributed by atoms with Gasteiger partial charge in [0.05, 0.1) is 0 Å². The molecule has 1 aliphatic rings. The minimum atomic E-state index is -2.00. The van der Waals surface area contributed by atoms with Gasteiger partial charge in [0, 0.05) is 57.4 Å². The number of rotatable bonds is 4. The molecule has 0 radical (unpaired) electrons. The van der Waals surface area contributed by atoms with Crippen LogP contribution in [-0.2, 0) is 0 Å². The number of anilines is 3. The van der Waals surface area contributed by atoms with Crippen LogP contribution in [0.1, 0.15) is 0 Å². The van der Waals surface area contributed by atoms with Crippen molar-refractivity contribution in [3.63, 3.8) is 0 Å². The Kier molecular flexibility index (Phi) is 6.51. The second kappa shape index (κ2) is 11.2. The summed E-state index contributed by atoms with van der Waals surface area (Å²) in [4.78, 5) is 2.49. The van der Waals surface area contributed by atoms with E-state index in [4.69, 9.17) is 0 Å². The van der Waals surface area contributed by atoms with Crippen LogP contribution in [-0.4, -0.2) is 8.07 Å². The summed E-state index contributed by atoms with van der Waals surface area (Å²) in [5, 5.41) is 11.0. The summed E-state index contributed by atoms with van der Waals surface area (Å²) in [5.74, 6) is 0. The van der Waals surface area contributed by atoms with E-state index in [2.05, 4.69) is 182 Å². The molecule has 3 heterocycles. The Balaban J connectivity index is 1.13. The van der Waals surface area contributed by atoms with E-state index < -0.39 is 8.07 Å². The lowest BCUT2D eigenvalue weighted by Crippen LogP contribution is -2.49. The molecule has 10 aromatic rings. The zero-order chi connectivity index (χ0) is 34.6. The molecular weight excluding hydrogens is 683 g/mol. The third-order valence-electron chi connectivity index (χ3n) is 11.2. The number of hydrogen-bond acceptors (Lipinski definition) is 3. The molecule has 0 bridgehead atoms.